The van der Waals surface area contributed by atoms with Gasteiger partial charge in [-0.2, -0.15) is 0 Å². The lowest BCUT2D eigenvalue weighted by molar-refractivity contribution is -0.131. The number of allylic oxidation sites excluding steroid dienone is 7. The summed E-state index contributed by atoms with van der Waals surface area (Å²) in [5, 5.41) is 9.95. The molecule has 0 saturated heterocycles. The van der Waals surface area contributed by atoms with Crippen molar-refractivity contribution in [2.75, 3.05) is 0 Å². The van der Waals surface area contributed by atoms with Crippen LogP contribution in [0.2, 0.25) is 10.0 Å². The topological polar surface area (TPSA) is 66.0 Å². The second kappa shape index (κ2) is 10.3. The lowest BCUT2D eigenvalue weighted by atomic mass is 10.0. The Labute approximate surface area is 201 Å². The monoisotopic (exact) mass is 474 g/mol. The number of benzene rings is 2. The van der Waals surface area contributed by atoms with E-state index in [9.17, 15) is 4.79 Å². The molecule has 0 radical (unpaired) electrons. The number of nitrogens with zero attached hydrogens (tertiary/aromatic N) is 1. The number of carboxylic acid groups (broad SMARTS) is 1. The Balaban J connectivity index is 1.46. The van der Waals surface area contributed by atoms with Crippen molar-refractivity contribution in [2.45, 2.75) is 6.42 Å². The number of carbonyl (C=O) groups is 1. The van der Waals surface area contributed by atoms with Gasteiger partial charge in [0.1, 0.15) is 5.82 Å². The first-order valence-corrected chi connectivity index (χ1v) is 11.0. The molecule has 6 heteroatoms. The molecular formula is C27H20Cl2N2O2. The minimum Gasteiger partial charge on any atom is -0.478 e. The van der Waals surface area contributed by atoms with Crippen molar-refractivity contribution in [3.8, 4) is 11.3 Å². The van der Waals surface area contributed by atoms with Gasteiger partial charge in [-0.3, -0.25) is 0 Å². The third-order valence-corrected chi connectivity index (χ3v) is 5.62. The van der Waals surface area contributed by atoms with Crippen molar-refractivity contribution in [2.24, 2.45) is 0 Å². The van der Waals surface area contributed by atoms with Crippen LogP contribution in [0.4, 0.5) is 0 Å². The van der Waals surface area contributed by atoms with E-state index in [4.69, 9.17) is 28.3 Å². The van der Waals surface area contributed by atoms with E-state index in [1.165, 1.54) is 0 Å². The Morgan fingerprint density at radius 2 is 1.85 bits per heavy atom. The van der Waals surface area contributed by atoms with Crippen LogP contribution in [0.5, 0.6) is 0 Å². The molecule has 0 fully saturated rings. The van der Waals surface area contributed by atoms with Crippen LogP contribution >= 0.6 is 23.2 Å². The van der Waals surface area contributed by atoms with E-state index >= 15 is 0 Å². The van der Waals surface area contributed by atoms with Gasteiger partial charge in [0.2, 0.25) is 0 Å². The molecule has 1 aromatic heterocycles. The van der Waals surface area contributed by atoms with Crippen molar-refractivity contribution >= 4 is 46.9 Å². The summed E-state index contributed by atoms with van der Waals surface area (Å²) in [6.07, 6.45) is 17.1. The van der Waals surface area contributed by atoms with Gasteiger partial charge < -0.3 is 10.1 Å². The van der Waals surface area contributed by atoms with Crippen molar-refractivity contribution in [1.82, 2.24) is 9.97 Å². The lowest BCUT2D eigenvalue weighted by Gasteiger charge is -2.04. The first kappa shape index (κ1) is 22.6. The van der Waals surface area contributed by atoms with E-state index in [-0.39, 0.29) is 0 Å². The van der Waals surface area contributed by atoms with E-state index in [1.54, 1.807) is 24.4 Å². The maximum Gasteiger partial charge on any atom is 0.328 e. The first-order chi connectivity index (χ1) is 16.0. The number of halogens is 2. The standard InChI is InChI=1S/C27H20Cl2N2O2/c28-22-12-13-23(24(29)16-22)25-17-30-26(31-25)14-7-19-5-10-21(11-6-19)20-3-1-2-18(4-9-20)8-15-27(32)33/h1-2,4-17H,3H2,(H,30,31)(H,32,33)/b14-7+,15-8+. The normalized spacial score (nSPS) is 13.9. The lowest BCUT2D eigenvalue weighted by Crippen LogP contribution is -1.85. The Kier molecular flexibility index (Phi) is 7.08. The number of hydrogen-bond donors (Lipinski definition) is 2. The molecule has 0 unspecified atom stereocenters. The molecule has 3 aromatic rings. The summed E-state index contributed by atoms with van der Waals surface area (Å²) in [5.74, 6) is -0.232. The zero-order chi connectivity index (χ0) is 23.2. The second-order valence-electron chi connectivity index (χ2n) is 7.40. The molecule has 1 heterocycles. The number of aromatic nitrogens is 2. The number of imidazole rings is 1. The van der Waals surface area contributed by atoms with Crippen molar-refractivity contribution in [3.05, 3.63) is 118 Å². The number of aromatic amines is 1. The zero-order valence-corrected chi connectivity index (χ0v) is 19.0. The van der Waals surface area contributed by atoms with Gasteiger partial charge in [-0.25, -0.2) is 9.78 Å². The molecule has 0 aliphatic heterocycles. The van der Waals surface area contributed by atoms with E-state index in [2.05, 4.69) is 34.2 Å². The van der Waals surface area contributed by atoms with Crippen LogP contribution in [0.3, 0.4) is 0 Å². The molecule has 1 aliphatic carbocycles. The van der Waals surface area contributed by atoms with Crippen LogP contribution in [0, 0.1) is 0 Å². The summed E-state index contributed by atoms with van der Waals surface area (Å²) in [5.41, 5.74) is 5.85. The van der Waals surface area contributed by atoms with Crippen molar-refractivity contribution in [1.29, 1.82) is 0 Å². The molecule has 2 N–H and O–H groups in total. The maximum atomic E-state index is 10.7. The molecule has 164 valence electrons. The Hall–Kier alpha value is -3.60. The van der Waals surface area contributed by atoms with Crippen LogP contribution in [-0.4, -0.2) is 21.0 Å². The number of H-pyrrole nitrogens is 1. The van der Waals surface area contributed by atoms with E-state index in [1.807, 2.05) is 42.5 Å². The SMILES string of the molecule is O=C(O)/C=C/C1=CC=C(c2ccc(/C=C/c3ncc(-c4ccc(Cl)cc4Cl)[nH]3)cc2)CC=C1. The average Bonchev–Trinajstić information content (AvgIpc) is 3.13. The molecule has 0 spiro atoms. The fraction of sp³-hybridized carbons (Fsp3) is 0.0370. The molecule has 0 saturated carbocycles. The summed E-state index contributed by atoms with van der Waals surface area (Å²) < 4.78 is 0. The summed E-state index contributed by atoms with van der Waals surface area (Å²) in [4.78, 5) is 18.4. The number of aliphatic carboxylic acids is 1. The van der Waals surface area contributed by atoms with Crippen LogP contribution < -0.4 is 0 Å². The average molecular weight is 475 g/mol. The molecule has 0 bridgehead atoms. The van der Waals surface area contributed by atoms with E-state index in [0.29, 0.717) is 10.0 Å². The smallest absolute Gasteiger partial charge is 0.328 e. The first-order valence-electron chi connectivity index (χ1n) is 10.3. The summed E-state index contributed by atoms with van der Waals surface area (Å²) >= 11 is 12.3. The third-order valence-electron chi connectivity index (χ3n) is 5.08. The molecule has 4 rings (SSSR count). The van der Waals surface area contributed by atoms with Crippen LogP contribution in [0.25, 0.3) is 29.0 Å². The van der Waals surface area contributed by atoms with Gasteiger partial charge in [0.25, 0.3) is 0 Å². The van der Waals surface area contributed by atoms with Crippen LogP contribution in [-0.2, 0) is 4.79 Å². The number of hydrogen-bond acceptors (Lipinski definition) is 2. The molecule has 0 atom stereocenters. The number of rotatable bonds is 6. The van der Waals surface area contributed by atoms with E-state index < -0.39 is 5.97 Å². The molecule has 1 aliphatic rings. The van der Waals surface area contributed by atoms with E-state index in [0.717, 1.165) is 51.9 Å². The fourth-order valence-corrected chi connectivity index (χ4v) is 3.89. The maximum absolute atomic E-state index is 10.7. The van der Waals surface area contributed by atoms with Gasteiger partial charge in [0, 0.05) is 16.7 Å². The summed E-state index contributed by atoms with van der Waals surface area (Å²) in [7, 11) is 0. The predicted molar refractivity (Wildman–Crippen MR) is 136 cm³/mol. The Bertz CT molecular complexity index is 1330. The minimum absolute atomic E-state index is 0.569. The highest BCUT2D eigenvalue weighted by Gasteiger charge is 2.07. The van der Waals surface area contributed by atoms with Gasteiger partial charge >= 0.3 is 5.97 Å². The summed E-state index contributed by atoms with van der Waals surface area (Å²) in [6.45, 7) is 0. The third kappa shape index (κ3) is 6.01. The highest BCUT2D eigenvalue weighted by atomic mass is 35.5. The Morgan fingerprint density at radius 1 is 1.03 bits per heavy atom. The van der Waals surface area contributed by atoms with Gasteiger partial charge in [0.05, 0.1) is 16.9 Å². The predicted octanol–water partition coefficient (Wildman–Crippen LogP) is 7.46. The molecule has 4 nitrogen and oxygen atoms in total. The number of nitrogens with one attached hydrogen (secondary N) is 1. The van der Waals surface area contributed by atoms with Gasteiger partial charge in [-0.15, -0.1) is 0 Å². The minimum atomic E-state index is -0.957. The highest BCUT2D eigenvalue weighted by molar-refractivity contribution is 6.36. The van der Waals surface area contributed by atoms with Gasteiger partial charge in [-0.1, -0.05) is 77.8 Å². The van der Waals surface area contributed by atoms with Crippen molar-refractivity contribution < 1.29 is 9.90 Å². The highest BCUT2D eigenvalue weighted by Crippen LogP contribution is 2.29. The molecule has 33 heavy (non-hydrogen) atoms. The molecule has 0 amide bonds. The quantitative estimate of drug-likeness (QED) is 0.364. The van der Waals surface area contributed by atoms with Gasteiger partial charge in [0.15, 0.2) is 0 Å². The fourth-order valence-electron chi connectivity index (χ4n) is 3.38. The molecular weight excluding hydrogens is 455 g/mol. The summed E-state index contributed by atoms with van der Waals surface area (Å²) in [6, 6.07) is 13.6. The van der Waals surface area contributed by atoms with Crippen molar-refractivity contribution in [3.63, 3.8) is 0 Å². The number of carboxylic acids is 1. The molecule has 2 aromatic carbocycles. The van der Waals surface area contributed by atoms with Gasteiger partial charge in [-0.05, 0) is 59.0 Å². The second-order valence-corrected chi connectivity index (χ2v) is 8.24. The Morgan fingerprint density at radius 3 is 2.61 bits per heavy atom. The largest absolute Gasteiger partial charge is 0.478 e. The zero-order valence-electron chi connectivity index (χ0n) is 17.5. The van der Waals surface area contributed by atoms with Crippen LogP contribution in [0.1, 0.15) is 23.4 Å². The van der Waals surface area contributed by atoms with Crippen LogP contribution in [0.15, 0.2) is 90.7 Å².